The summed E-state index contributed by atoms with van der Waals surface area (Å²) in [5.41, 5.74) is 1.98. The third kappa shape index (κ3) is 6.94. The molecule has 1 amide bonds. The molecule has 4 heteroatoms. The summed E-state index contributed by atoms with van der Waals surface area (Å²) < 4.78 is 0. The summed E-state index contributed by atoms with van der Waals surface area (Å²) in [7, 11) is 4.05. The van der Waals surface area contributed by atoms with Crippen LogP contribution in [0.15, 0.2) is 24.3 Å². The second-order valence-corrected chi connectivity index (χ2v) is 6.09. The molecule has 19 heavy (non-hydrogen) atoms. The molecular formula is C15H25N3O. The summed E-state index contributed by atoms with van der Waals surface area (Å²) in [6.45, 7) is 7.30. The highest BCUT2D eigenvalue weighted by Crippen LogP contribution is 2.11. The van der Waals surface area contributed by atoms with Gasteiger partial charge < -0.3 is 15.5 Å². The first-order valence-corrected chi connectivity index (χ1v) is 6.55. The molecule has 0 saturated carbocycles. The zero-order chi connectivity index (χ0) is 14.5. The number of carbonyl (C=O) groups excluding carboxylic acids is 1. The van der Waals surface area contributed by atoms with Crippen molar-refractivity contribution in [2.24, 2.45) is 0 Å². The molecule has 0 aliphatic rings. The van der Waals surface area contributed by atoms with Crippen molar-refractivity contribution in [1.82, 2.24) is 10.2 Å². The third-order valence-corrected chi connectivity index (χ3v) is 2.49. The fourth-order valence-corrected chi connectivity index (χ4v) is 1.66. The Hall–Kier alpha value is -1.39. The molecule has 0 atom stereocenters. The lowest BCUT2D eigenvalue weighted by Gasteiger charge is -2.20. The Morgan fingerprint density at radius 2 is 1.95 bits per heavy atom. The smallest absolute Gasteiger partial charge is 0.238 e. The lowest BCUT2D eigenvalue weighted by atomic mass is 10.1. The molecule has 0 aromatic heterocycles. The molecule has 0 heterocycles. The minimum Gasteiger partial charge on any atom is -0.325 e. The molecule has 0 aliphatic carbocycles. The highest BCUT2D eigenvalue weighted by molar-refractivity contribution is 5.92. The Labute approximate surface area is 116 Å². The first kappa shape index (κ1) is 15.7. The highest BCUT2D eigenvalue weighted by Gasteiger charge is 2.11. The van der Waals surface area contributed by atoms with Gasteiger partial charge in [-0.25, -0.2) is 0 Å². The van der Waals surface area contributed by atoms with Gasteiger partial charge in [-0.3, -0.25) is 4.79 Å². The molecule has 2 N–H and O–H groups in total. The largest absolute Gasteiger partial charge is 0.325 e. The Morgan fingerprint density at radius 1 is 1.26 bits per heavy atom. The maximum absolute atomic E-state index is 11.8. The lowest BCUT2D eigenvalue weighted by molar-refractivity contribution is -0.115. The van der Waals surface area contributed by atoms with Crippen LogP contribution in [0.1, 0.15) is 26.3 Å². The van der Waals surface area contributed by atoms with Crippen LogP contribution >= 0.6 is 0 Å². The number of anilines is 1. The number of benzene rings is 1. The maximum atomic E-state index is 11.8. The molecule has 0 unspecified atom stereocenters. The van der Waals surface area contributed by atoms with Gasteiger partial charge in [0.05, 0.1) is 6.54 Å². The molecule has 0 fully saturated rings. The summed E-state index contributed by atoms with van der Waals surface area (Å²) in [5.74, 6) is -0.0167. The molecular weight excluding hydrogens is 238 g/mol. The van der Waals surface area contributed by atoms with Crippen molar-refractivity contribution in [1.29, 1.82) is 0 Å². The van der Waals surface area contributed by atoms with E-state index < -0.39 is 0 Å². The van der Waals surface area contributed by atoms with E-state index in [0.29, 0.717) is 6.54 Å². The number of hydrogen-bond acceptors (Lipinski definition) is 3. The molecule has 0 saturated heterocycles. The Balaban J connectivity index is 2.54. The molecule has 0 bridgehead atoms. The van der Waals surface area contributed by atoms with Crippen molar-refractivity contribution in [3.63, 3.8) is 0 Å². The van der Waals surface area contributed by atoms with Crippen molar-refractivity contribution < 1.29 is 4.79 Å². The van der Waals surface area contributed by atoms with Gasteiger partial charge >= 0.3 is 0 Å². The monoisotopic (exact) mass is 263 g/mol. The topological polar surface area (TPSA) is 44.4 Å². The van der Waals surface area contributed by atoms with E-state index in [9.17, 15) is 4.79 Å². The molecule has 1 aromatic rings. The molecule has 1 aromatic carbocycles. The average Bonchev–Trinajstić information content (AvgIpc) is 2.25. The van der Waals surface area contributed by atoms with Gasteiger partial charge in [0.25, 0.3) is 0 Å². The molecule has 0 radical (unpaired) electrons. The highest BCUT2D eigenvalue weighted by atomic mass is 16.1. The molecule has 106 valence electrons. The summed E-state index contributed by atoms with van der Waals surface area (Å²) in [5, 5.41) is 6.08. The zero-order valence-electron chi connectivity index (χ0n) is 12.6. The minimum absolute atomic E-state index is 0.0167. The molecule has 1 rings (SSSR count). The van der Waals surface area contributed by atoms with Gasteiger partial charge in [-0.1, -0.05) is 12.1 Å². The van der Waals surface area contributed by atoms with Crippen LogP contribution in [0.2, 0.25) is 0 Å². The third-order valence-electron chi connectivity index (χ3n) is 2.49. The van der Waals surface area contributed by atoms with Gasteiger partial charge in [0, 0.05) is 17.8 Å². The van der Waals surface area contributed by atoms with Crippen LogP contribution < -0.4 is 10.6 Å². The van der Waals surface area contributed by atoms with Crippen LogP contribution in [0.5, 0.6) is 0 Å². The van der Waals surface area contributed by atoms with E-state index in [1.807, 2.05) is 53.1 Å². The van der Waals surface area contributed by atoms with Gasteiger partial charge in [0.2, 0.25) is 5.91 Å². The second kappa shape index (κ2) is 6.68. The van der Waals surface area contributed by atoms with Gasteiger partial charge in [0.15, 0.2) is 0 Å². The SMILES string of the molecule is CN(C)Cc1cccc(NC(=O)CNC(C)(C)C)c1. The van der Waals surface area contributed by atoms with E-state index in [-0.39, 0.29) is 11.4 Å². The predicted octanol–water partition coefficient (Wildman–Crippen LogP) is 2.07. The normalized spacial score (nSPS) is 11.7. The molecule has 0 aliphatic heterocycles. The van der Waals surface area contributed by atoms with Crippen molar-refractivity contribution in [3.8, 4) is 0 Å². The fraction of sp³-hybridized carbons (Fsp3) is 0.533. The minimum atomic E-state index is -0.0515. The van der Waals surface area contributed by atoms with E-state index in [4.69, 9.17) is 0 Å². The van der Waals surface area contributed by atoms with Gasteiger partial charge in [0.1, 0.15) is 0 Å². The van der Waals surface area contributed by atoms with E-state index in [1.54, 1.807) is 0 Å². The second-order valence-electron chi connectivity index (χ2n) is 6.09. The van der Waals surface area contributed by atoms with Crippen LogP contribution in [-0.4, -0.2) is 37.0 Å². The summed E-state index contributed by atoms with van der Waals surface area (Å²) in [6, 6.07) is 7.94. The van der Waals surface area contributed by atoms with Gasteiger partial charge in [-0.05, 0) is 52.6 Å². The zero-order valence-corrected chi connectivity index (χ0v) is 12.6. The van der Waals surface area contributed by atoms with Crippen molar-refractivity contribution in [2.75, 3.05) is 26.0 Å². The predicted molar refractivity (Wildman–Crippen MR) is 80.2 cm³/mol. The number of hydrogen-bond donors (Lipinski definition) is 2. The first-order chi connectivity index (χ1) is 8.76. The number of nitrogens with one attached hydrogen (secondary N) is 2. The van der Waals surface area contributed by atoms with Gasteiger partial charge in [-0.2, -0.15) is 0 Å². The van der Waals surface area contributed by atoms with E-state index in [1.165, 1.54) is 5.56 Å². The van der Waals surface area contributed by atoms with Crippen LogP contribution in [0.4, 0.5) is 5.69 Å². The quantitative estimate of drug-likeness (QED) is 0.855. The maximum Gasteiger partial charge on any atom is 0.238 e. The number of carbonyl (C=O) groups is 1. The van der Waals surface area contributed by atoms with Crippen LogP contribution in [0.25, 0.3) is 0 Å². The summed E-state index contributed by atoms with van der Waals surface area (Å²) in [6.07, 6.45) is 0. The van der Waals surface area contributed by atoms with Crippen molar-refractivity contribution in [2.45, 2.75) is 32.9 Å². The van der Waals surface area contributed by atoms with Gasteiger partial charge in [-0.15, -0.1) is 0 Å². The van der Waals surface area contributed by atoms with Crippen molar-refractivity contribution in [3.05, 3.63) is 29.8 Å². The number of nitrogens with zero attached hydrogens (tertiary/aromatic N) is 1. The summed E-state index contributed by atoms with van der Waals surface area (Å²) in [4.78, 5) is 13.9. The fourth-order valence-electron chi connectivity index (χ4n) is 1.66. The number of amides is 1. The molecule has 0 spiro atoms. The van der Waals surface area contributed by atoms with E-state index in [0.717, 1.165) is 12.2 Å². The number of rotatable bonds is 5. The lowest BCUT2D eigenvalue weighted by Crippen LogP contribution is -2.41. The van der Waals surface area contributed by atoms with Crippen LogP contribution in [-0.2, 0) is 11.3 Å². The van der Waals surface area contributed by atoms with Crippen LogP contribution in [0.3, 0.4) is 0 Å². The van der Waals surface area contributed by atoms with E-state index in [2.05, 4.69) is 21.6 Å². The van der Waals surface area contributed by atoms with E-state index >= 15 is 0 Å². The Kier molecular flexibility index (Phi) is 5.51. The van der Waals surface area contributed by atoms with Crippen LogP contribution in [0, 0.1) is 0 Å². The molecule has 4 nitrogen and oxygen atoms in total. The Bertz CT molecular complexity index is 422. The Morgan fingerprint density at radius 3 is 2.53 bits per heavy atom. The summed E-state index contributed by atoms with van der Waals surface area (Å²) >= 11 is 0. The average molecular weight is 263 g/mol. The first-order valence-electron chi connectivity index (χ1n) is 6.55. The van der Waals surface area contributed by atoms with Crippen molar-refractivity contribution >= 4 is 11.6 Å². The standard InChI is InChI=1S/C15H25N3O/c1-15(2,3)16-10-14(19)17-13-8-6-7-12(9-13)11-18(4)5/h6-9,16H,10-11H2,1-5H3,(H,17,19).